The number of nitriles is 1. The Balaban J connectivity index is 2.96. The number of carbonyl (C=O) groups excluding carboxylic acids is 2. The third kappa shape index (κ3) is 3.45. The molecule has 0 spiro atoms. The highest BCUT2D eigenvalue weighted by molar-refractivity contribution is 14.1. The zero-order chi connectivity index (χ0) is 13.8. The van der Waals surface area contributed by atoms with E-state index in [0.29, 0.717) is 20.1 Å². The zero-order valence-electron chi connectivity index (χ0n) is 9.17. The van der Waals surface area contributed by atoms with E-state index in [4.69, 9.17) is 16.9 Å². The summed E-state index contributed by atoms with van der Waals surface area (Å²) in [5.74, 6) is -0.541. The SMILES string of the molecule is N#CCC(=O)c1c[nH]c(C(=O)C(Cl)(CI)CI)c1. The molecule has 0 unspecified atom stereocenters. The van der Waals surface area contributed by atoms with Crippen molar-refractivity contribution in [1.82, 2.24) is 4.98 Å². The second-order valence-electron chi connectivity index (χ2n) is 3.62. The van der Waals surface area contributed by atoms with E-state index < -0.39 is 4.87 Å². The Kier molecular flexibility index (Phi) is 6.07. The lowest BCUT2D eigenvalue weighted by Crippen LogP contribution is -2.36. The van der Waals surface area contributed by atoms with E-state index in [9.17, 15) is 9.59 Å². The van der Waals surface area contributed by atoms with Crippen molar-refractivity contribution in [2.45, 2.75) is 11.3 Å². The van der Waals surface area contributed by atoms with Crippen LogP contribution in [0, 0.1) is 11.3 Å². The highest BCUT2D eigenvalue weighted by atomic mass is 127. The third-order valence-electron chi connectivity index (χ3n) is 2.32. The van der Waals surface area contributed by atoms with Crippen molar-refractivity contribution in [1.29, 1.82) is 5.26 Å². The Morgan fingerprint density at radius 1 is 1.44 bits per heavy atom. The fourth-order valence-corrected chi connectivity index (χ4v) is 3.62. The molecule has 0 aliphatic carbocycles. The molecular formula is C11H9ClI2N2O2. The van der Waals surface area contributed by atoms with Gasteiger partial charge in [-0.3, -0.25) is 9.59 Å². The molecule has 0 aromatic carbocycles. The molecule has 0 atom stereocenters. The minimum atomic E-state index is -0.957. The minimum absolute atomic E-state index is 0.198. The van der Waals surface area contributed by atoms with Crippen LogP contribution in [0.1, 0.15) is 27.3 Å². The number of hydrogen-bond acceptors (Lipinski definition) is 3. The van der Waals surface area contributed by atoms with Crippen LogP contribution < -0.4 is 0 Å². The van der Waals surface area contributed by atoms with Crippen LogP contribution in [0.3, 0.4) is 0 Å². The number of carbonyl (C=O) groups is 2. The number of aromatic nitrogens is 1. The molecule has 1 N–H and O–H groups in total. The first kappa shape index (κ1) is 15.9. The molecule has 0 saturated heterocycles. The largest absolute Gasteiger partial charge is 0.358 e. The van der Waals surface area contributed by atoms with E-state index in [1.165, 1.54) is 12.3 Å². The van der Waals surface area contributed by atoms with Crippen LogP contribution in [0.25, 0.3) is 0 Å². The molecule has 0 radical (unpaired) electrons. The number of alkyl halides is 3. The lowest BCUT2D eigenvalue weighted by molar-refractivity contribution is 0.0956. The maximum absolute atomic E-state index is 12.2. The van der Waals surface area contributed by atoms with Crippen LogP contribution in [0.15, 0.2) is 12.3 Å². The van der Waals surface area contributed by atoms with Gasteiger partial charge in [0.1, 0.15) is 4.87 Å². The van der Waals surface area contributed by atoms with Crippen molar-refractivity contribution in [3.8, 4) is 6.07 Å². The van der Waals surface area contributed by atoms with Gasteiger partial charge in [-0.15, -0.1) is 11.6 Å². The molecule has 4 nitrogen and oxygen atoms in total. The summed E-state index contributed by atoms with van der Waals surface area (Å²) in [6.45, 7) is 0. The molecule has 1 rings (SSSR count). The van der Waals surface area contributed by atoms with Gasteiger partial charge in [-0.05, 0) is 6.07 Å². The zero-order valence-corrected chi connectivity index (χ0v) is 14.2. The molecule has 7 heteroatoms. The maximum Gasteiger partial charge on any atom is 0.201 e. The van der Waals surface area contributed by atoms with Crippen molar-refractivity contribution in [3.63, 3.8) is 0 Å². The summed E-state index contributed by atoms with van der Waals surface area (Å²) in [5, 5.41) is 8.45. The summed E-state index contributed by atoms with van der Waals surface area (Å²) in [6, 6.07) is 3.24. The average Bonchev–Trinajstić information content (AvgIpc) is 2.86. The summed E-state index contributed by atoms with van der Waals surface area (Å²) in [7, 11) is 0. The van der Waals surface area contributed by atoms with Gasteiger partial charge in [0.05, 0.1) is 18.2 Å². The van der Waals surface area contributed by atoms with Crippen LogP contribution in [-0.4, -0.2) is 30.3 Å². The Morgan fingerprint density at radius 2 is 2.06 bits per heavy atom. The highest BCUT2D eigenvalue weighted by Gasteiger charge is 2.35. The normalized spacial score (nSPS) is 11.0. The number of rotatable bonds is 6. The lowest BCUT2D eigenvalue weighted by atomic mass is 10.0. The van der Waals surface area contributed by atoms with E-state index in [1.807, 2.05) is 0 Å². The number of nitrogens with one attached hydrogen (secondary N) is 1. The summed E-state index contributed by atoms with van der Waals surface area (Å²) < 4.78 is 0.961. The van der Waals surface area contributed by atoms with Crippen LogP contribution in [0.4, 0.5) is 0 Å². The monoisotopic (exact) mass is 490 g/mol. The van der Waals surface area contributed by atoms with E-state index in [1.54, 1.807) is 6.07 Å². The van der Waals surface area contributed by atoms with E-state index in [-0.39, 0.29) is 18.0 Å². The summed E-state index contributed by atoms with van der Waals surface area (Å²) in [4.78, 5) is 25.4. The van der Waals surface area contributed by atoms with Gasteiger partial charge in [0.2, 0.25) is 5.78 Å². The third-order valence-corrected chi connectivity index (χ3v) is 6.26. The van der Waals surface area contributed by atoms with Gasteiger partial charge >= 0.3 is 0 Å². The Bertz CT molecular complexity index is 503. The Labute approximate surface area is 137 Å². The number of aromatic amines is 1. The van der Waals surface area contributed by atoms with Gasteiger partial charge in [-0.2, -0.15) is 5.26 Å². The molecule has 0 fully saturated rings. The number of nitrogens with zero attached hydrogens (tertiary/aromatic N) is 1. The van der Waals surface area contributed by atoms with Crippen LogP contribution in [-0.2, 0) is 0 Å². The topological polar surface area (TPSA) is 73.7 Å². The second kappa shape index (κ2) is 6.86. The first-order valence-corrected chi connectivity index (χ1v) is 8.35. The molecule has 0 aliphatic heterocycles. The van der Waals surface area contributed by atoms with Crippen LogP contribution >= 0.6 is 56.8 Å². The van der Waals surface area contributed by atoms with Gasteiger partial charge < -0.3 is 4.98 Å². The standard InChI is InChI=1S/C11H9ClI2N2O2/c12-11(5-13,6-14)10(18)8-3-7(4-16-8)9(17)1-2-15/h3-4,16H,1,5-6H2. The predicted octanol–water partition coefficient (Wildman–Crippen LogP) is 3.14. The smallest absolute Gasteiger partial charge is 0.201 e. The van der Waals surface area contributed by atoms with Crippen molar-refractivity contribution in [2.24, 2.45) is 0 Å². The average molecular weight is 490 g/mol. The molecule has 0 saturated carbocycles. The van der Waals surface area contributed by atoms with Crippen molar-refractivity contribution in [2.75, 3.05) is 8.86 Å². The van der Waals surface area contributed by atoms with Gasteiger partial charge in [0.15, 0.2) is 5.78 Å². The fraction of sp³-hybridized carbons (Fsp3) is 0.364. The Morgan fingerprint density at radius 3 is 2.56 bits per heavy atom. The van der Waals surface area contributed by atoms with E-state index >= 15 is 0 Å². The van der Waals surface area contributed by atoms with Gasteiger partial charge in [0, 0.05) is 20.6 Å². The molecule has 0 amide bonds. The molecular weight excluding hydrogens is 481 g/mol. The number of H-pyrrole nitrogens is 1. The van der Waals surface area contributed by atoms with Crippen LogP contribution in [0.5, 0.6) is 0 Å². The van der Waals surface area contributed by atoms with Crippen molar-refractivity contribution in [3.05, 3.63) is 23.5 Å². The fourth-order valence-electron chi connectivity index (χ4n) is 1.26. The van der Waals surface area contributed by atoms with E-state index in [0.717, 1.165) is 0 Å². The lowest BCUT2D eigenvalue weighted by Gasteiger charge is -2.19. The number of Topliss-reactive ketones (excluding diaryl/α,β-unsaturated/α-hetero) is 2. The second-order valence-corrected chi connectivity index (χ2v) is 5.87. The Hall–Kier alpha value is -0.140. The summed E-state index contributed by atoms with van der Waals surface area (Å²) in [6.07, 6.45) is 1.24. The predicted molar refractivity (Wildman–Crippen MR) is 86.0 cm³/mol. The summed E-state index contributed by atoms with van der Waals surface area (Å²) >= 11 is 10.3. The minimum Gasteiger partial charge on any atom is -0.358 e. The number of hydrogen-bond donors (Lipinski definition) is 1. The molecule has 0 aliphatic rings. The van der Waals surface area contributed by atoms with Gasteiger partial charge in [-0.1, -0.05) is 45.2 Å². The molecule has 1 heterocycles. The van der Waals surface area contributed by atoms with Gasteiger partial charge in [0.25, 0.3) is 0 Å². The first-order valence-electron chi connectivity index (χ1n) is 4.92. The maximum atomic E-state index is 12.2. The number of halogens is 3. The molecule has 18 heavy (non-hydrogen) atoms. The highest BCUT2D eigenvalue weighted by Crippen LogP contribution is 2.26. The van der Waals surface area contributed by atoms with Gasteiger partial charge in [-0.25, -0.2) is 0 Å². The molecule has 0 bridgehead atoms. The van der Waals surface area contributed by atoms with Crippen molar-refractivity contribution < 1.29 is 9.59 Å². The quantitative estimate of drug-likeness (QED) is 0.378. The van der Waals surface area contributed by atoms with E-state index in [2.05, 4.69) is 50.2 Å². The number of ketones is 2. The first-order chi connectivity index (χ1) is 8.48. The van der Waals surface area contributed by atoms with Crippen LogP contribution in [0.2, 0.25) is 0 Å². The summed E-state index contributed by atoms with van der Waals surface area (Å²) in [5.41, 5.74) is 0.639. The molecule has 96 valence electrons. The van der Waals surface area contributed by atoms with Crippen molar-refractivity contribution >= 4 is 68.3 Å². The molecule has 1 aromatic rings. The molecule has 1 aromatic heterocycles.